The number of nitrogen functional groups attached to an aromatic ring is 1. The number of rotatable bonds is 5. The Bertz CT molecular complexity index is 943. The van der Waals surface area contributed by atoms with Gasteiger partial charge in [0.2, 0.25) is 11.1 Å². The van der Waals surface area contributed by atoms with Crippen LogP contribution in [0.2, 0.25) is 0 Å². The van der Waals surface area contributed by atoms with E-state index in [9.17, 15) is 9.18 Å². The van der Waals surface area contributed by atoms with Gasteiger partial charge in [0.25, 0.3) is 0 Å². The first-order valence-electron chi connectivity index (χ1n) is 7.96. The van der Waals surface area contributed by atoms with Gasteiger partial charge in [-0.15, -0.1) is 10.2 Å². The zero-order chi connectivity index (χ0) is 18.7. The van der Waals surface area contributed by atoms with Crippen LogP contribution >= 0.6 is 11.8 Å². The van der Waals surface area contributed by atoms with Crippen LogP contribution in [0.25, 0.3) is 11.4 Å². The number of hydrogen-bond acceptors (Lipinski definition) is 5. The maximum atomic E-state index is 13.9. The van der Waals surface area contributed by atoms with Gasteiger partial charge in [-0.1, -0.05) is 42.1 Å². The molecule has 0 radical (unpaired) electrons. The number of aryl methyl sites for hydroxylation is 1. The van der Waals surface area contributed by atoms with Crippen LogP contribution in [-0.4, -0.2) is 26.0 Å². The van der Waals surface area contributed by atoms with E-state index in [1.165, 1.54) is 10.7 Å². The molecule has 3 aromatic rings. The van der Waals surface area contributed by atoms with Crippen molar-refractivity contribution in [1.29, 1.82) is 0 Å². The highest BCUT2D eigenvalue weighted by atomic mass is 32.2. The molecule has 1 unspecified atom stereocenters. The summed E-state index contributed by atoms with van der Waals surface area (Å²) < 4.78 is 15.1. The third kappa shape index (κ3) is 3.70. The fraction of sp³-hybridized carbons (Fsp3) is 0.167. The van der Waals surface area contributed by atoms with E-state index in [0.29, 0.717) is 5.16 Å². The van der Waals surface area contributed by atoms with E-state index < -0.39 is 11.1 Å². The number of nitrogens with two attached hydrogens (primary N) is 1. The summed E-state index contributed by atoms with van der Waals surface area (Å²) >= 11 is 1.15. The number of anilines is 1. The second-order valence-corrected chi connectivity index (χ2v) is 7.03. The minimum atomic E-state index is -0.463. The van der Waals surface area contributed by atoms with E-state index in [1.54, 1.807) is 25.1 Å². The molecule has 1 aromatic heterocycles. The highest BCUT2D eigenvalue weighted by Crippen LogP contribution is 2.27. The number of hydrogen-bond donors (Lipinski definition) is 2. The zero-order valence-electron chi connectivity index (χ0n) is 14.3. The second kappa shape index (κ2) is 7.57. The summed E-state index contributed by atoms with van der Waals surface area (Å²) in [7, 11) is 0. The SMILES string of the molecule is Cc1ccccc1NC(=O)C(C)Sc1nnc(-c2ccccc2F)n1N. The van der Waals surface area contributed by atoms with Crippen molar-refractivity contribution in [3.63, 3.8) is 0 Å². The van der Waals surface area contributed by atoms with Gasteiger partial charge in [-0.3, -0.25) is 4.79 Å². The van der Waals surface area contributed by atoms with Gasteiger partial charge in [-0.25, -0.2) is 9.07 Å². The van der Waals surface area contributed by atoms with E-state index in [1.807, 2.05) is 31.2 Å². The van der Waals surface area contributed by atoms with Crippen LogP contribution in [0.4, 0.5) is 10.1 Å². The molecule has 6 nitrogen and oxygen atoms in total. The first-order valence-corrected chi connectivity index (χ1v) is 8.84. The number of benzene rings is 2. The summed E-state index contributed by atoms with van der Waals surface area (Å²) in [5.41, 5.74) is 1.99. The van der Waals surface area contributed by atoms with Crippen LogP contribution in [0.3, 0.4) is 0 Å². The standard InChI is InChI=1S/C18H18FN5OS/c1-11-7-3-6-10-15(11)21-17(25)12(2)26-18-23-22-16(24(18)20)13-8-4-5-9-14(13)19/h3-10,12H,20H2,1-2H3,(H,21,25). The number of nitrogens with zero attached hydrogens (tertiary/aromatic N) is 3. The smallest absolute Gasteiger partial charge is 0.237 e. The molecule has 0 saturated heterocycles. The van der Waals surface area contributed by atoms with Gasteiger partial charge in [0, 0.05) is 5.69 Å². The summed E-state index contributed by atoms with van der Waals surface area (Å²) in [5.74, 6) is 5.59. The fourth-order valence-corrected chi connectivity index (χ4v) is 3.11. The number of carbonyl (C=O) groups is 1. The van der Waals surface area contributed by atoms with E-state index in [0.717, 1.165) is 23.0 Å². The lowest BCUT2D eigenvalue weighted by Crippen LogP contribution is -2.24. The van der Waals surface area contributed by atoms with Gasteiger partial charge < -0.3 is 11.2 Å². The van der Waals surface area contributed by atoms with E-state index in [-0.39, 0.29) is 17.3 Å². The Hall–Kier alpha value is -2.87. The molecule has 1 atom stereocenters. The number of nitrogens with one attached hydrogen (secondary N) is 1. The highest BCUT2D eigenvalue weighted by Gasteiger charge is 2.21. The molecule has 3 rings (SSSR count). The van der Waals surface area contributed by atoms with Gasteiger partial charge in [-0.2, -0.15) is 0 Å². The van der Waals surface area contributed by atoms with Crippen molar-refractivity contribution in [2.45, 2.75) is 24.3 Å². The third-order valence-corrected chi connectivity index (χ3v) is 4.89. The molecular weight excluding hydrogens is 353 g/mol. The maximum Gasteiger partial charge on any atom is 0.237 e. The molecule has 0 fully saturated rings. The molecule has 0 bridgehead atoms. The van der Waals surface area contributed by atoms with E-state index in [2.05, 4.69) is 15.5 Å². The lowest BCUT2D eigenvalue weighted by Gasteiger charge is -2.13. The largest absolute Gasteiger partial charge is 0.335 e. The minimum Gasteiger partial charge on any atom is -0.335 e. The molecule has 0 aliphatic carbocycles. The molecule has 3 N–H and O–H groups in total. The van der Waals surface area contributed by atoms with Crippen molar-refractivity contribution in [3.05, 3.63) is 59.9 Å². The zero-order valence-corrected chi connectivity index (χ0v) is 15.1. The predicted octanol–water partition coefficient (Wildman–Crippen LogP) is 3.23. The summed E-state index contributed by atoms with van der Waals surface area (Å²) in [6.07, 6.45) is 0. The maximum absolute atomic E-state index is 13.9. The second-order valence-electron chi connectivity index (χ2n) is 5.72. The summed E-state index contributed by atoms with van der Waals surface area (Å²) in [4.78, 5) is 12.4. The van der Waals surface area contributed by atoms with Crippen LogP contribution in [0.5, 0.6) is 0 Å². The van der Waals surface area contributed by atoms with Crippen LogP contribution in [0.15, 0.2) is 53.7 Å². The molecule has 0 aliphatic heterocycles. The van der Waals surface area contributed by atoms with Crippen LogP contribution in [0, 0.1) is 12.7 Å². The number of aromatic nitrogens is 3. The van der Waals surface area contributed by atoms with Crippen LogP contribution in [0.1, 0.15) is 12.5 Å². The topological polar surface area (TPSA) is 85.8 Å². The van der Waals surface area contributed by atoms with Crippen LogP contribution in [-0.2, 0) is 4.79 Å². The first kappa shape index (κ1) is 17.9. The van der Waals surface area contributed by atoms with Gasteiger partial charge in [-0.05, 0) is 37.6 Å². The van der Waals surface area contributed by atoms with Crippen LogP contribution < -0.4 is 11.2 Å². The average Bonchev–Trinajstić information content (AvgIpc) is 2.98. The molecule has 26 heavy (non-hydrogen) atoms. The number of para-hydroxylation sites is 1. The predicted molar refractivity (Wildman–Crippen MR) is 101 cm³/mol. The van der Waals surface area contributed by atoms with Gasteiger partial charge in [0.15, 0.2) is 5.82 Å². The summed E-state index contributed by atoms with van der Waals surface area (Å²) in [5, 5.41) is 10.7. The number of thioether (sulfide) groups is 1. The van der Waals surface area contributed by atoms with E-state index in [4.69, 9.17) is 5.84 Å². The van der Waals surface area contributed by atoms with Crippen molar-refractivity contribution in [3.8, 4) is 11.4 Å². The molecular formula is C18H18FN5OS. The highest BCUT2D eigenvalue weighted by molar-refractivity contribution is 8.00. The van der Waals surface area contributed by atoms with Gasteiger partial charge >= 0.3 is 0 Å². The van der Waals surface area contributed by atoms with Crippen molar-refractivity contribution < 1.29 is 9.18 Å². The lowest BCUT2D eigenvalue weighted by molar-refractivity contribution is -0.115. The Morgan fingerprint density at radius 3 is 2.62 bits per heavy atom. The molecule has 0 aliphatic rings. The van der Waals surface area contributed by atoms with Gasteiger partial charge in [0.05, 0.1) is 10.8 Å². The van der Waals surface area contributed by atoms with Crippen molar-refractivity contribution in [2.75, 3.05) is 11.2 Å². The summed E-state index contributed by atoms with van der Waals surface area (Å²) in [6, 6.07) is 13.7. The monoisotopic (exact) mass is 371 g/mol. The van der Waals surface area contributed by atoms with E-state index >= 15 is 0 Å². The average molecular weight is 371 g/mol. The Morgan fingerprint density at radius 2 is 1.88 bits per heavy atom. The quantitative estimate of drug-likeness (QED) is 0.531. The number of halogens is 1. The molecule has 134 valence electrons. The molecule has 0 spiro atoms. The number of amides is 1. The number of carbonyl (C=O) groups excluding carboxylic acids is 1. The Kier molecular flexibility index (Phi) is 5.22. The van der Waals surface area contributed by atoms with Gasteiger partial charge in [0.1, 0.15) is 5.82 Å². The molecule has 2 aromatic carbocycles. The lowest BCUT2D eigenvalue weighted by atomic mass is 10.2. The Morgan fingerprint density at radius 1 is 1.19 bits per heavy atom. The molecule has 8 heteroatoms. The molecule has 1 heterocycles. The molecule has 1 amide bonds. The fourth-order valence-electron chi connectivity index (χ4n) is 2.34. The Labute approximate surface area is 154 Å². The van der Waals surface area contributed by atoms with Crippen molar-refractivity contribution >= 4 is 23.4 Å². The first-order chi connectivity index (χ1) is 12.5. The van der Waals surface area contributed by atoms with Crippen molar-refractivity contribution in [1.82, 2.24) is 14.9 Å². The minimum absolute atomic E-state index is 0.181. The van der Waals surface area contributed by atoms with Crippen molar-refractivity contribution in [2.24, 2.45) is 0 Å². The normalized spacial score (nSPS) is 12.0. The Balaban J connectivity index is 1.74. The summed E-state index contributed by atoms with van der Waals surface area (Å²) in [6.45, 7) is 3.67. The molecule has 0 saturated carbocycles. The third-order valence-electron chi connectivity index (χ3n) is 3.83.